The molecule has 0 spiro atoms. The minimum absolute atomic E-state index is 0.134. The number of hydrogen-bond donors (Lipinski definition) is 1. The van der Waals surface area contributed by atoms with Crippen molar-refractivity contribution >= 4 is 39.1 Å². The molecule has 0 aliphatic carbocycles. The van der Waals surface area contributed by atoms with Crippen LogP contribution in [0.1, 0.15) is 5.56 Å². The van der Waals surface area contributed by atoms with Crippen molar-refractivity contribution in [3.8, 4) is 11.5 Å². The van der Waals surface area contributed by atoms with E-state index in [1.165, 1.54) is 0 Å². The first kappa shape index (κ1) is 16.6. The molecule has 0 aliphatic heterocycles. The number of benzene rings is 2. The van der Waals surface area contributed by atoms with E-state index in [1.807, 2.05) is 6.07 Å². The van der Waals surface area contributed by atoms with Crippen LogP contribution in [0.4, 0.5) is 5.69 Å². The van der Waals surface area contributed by atoms with Crippen molar-refractivity contribution in [3.63, 3.8) is 0 Å². The lowest BCUT2D eigenvalue weighted by molar-refractivity contribution is -0.115. The maximum absolute atomic E-state index is 12.1. The molecule has 0 saturated carbocycles. The average Bonchev–Trinajstić information content (AvgIpc) is 2.50. The van der Waals surface area contributed by atoms with Gasteiger partial charge in [0.1, 0.15) is 0 Å². The van der Waals surface area contributed by atoms with Crippen LogP contribution in [-0.4, -0.2) is 20.1 Å². The first-order chi connectivity index (χ1) is 10.5. The number of rotatable bonds is 5. The molecule has 0 fully saturated rings. The smallest absolute Gasteiger partial charge is 0.228 e. The fourth-order valence-electron chi connectivity index (χ4n) is 1.96. The lowest BCUT2D eigenvalue weighted by Crippen LogP contribution is -2.14. The van der Waals surface area contributed by atoms with Crippen LogP contribution in [0.2, 0.25) is 5.02 Å². The Labute approximate surface area is 142 Å². The average molecular weight is 385 g/mol. The SMILES string of the molecule is COc1ccc(CC(=O)Nc2ccc(Br)c(Cl)c2)cc1OC. The van der Waals surface area contributed by atoms with Gasteiger partial charge >= 0.3 is 0 Å². The molecule has 0 radical (unpaired) electrons. The summed E-state index contributed by atoms with van der Waals surface area (Å²) in [5.74, 6) is 1.09. The highest BCUT2D eigenvalue weighted by molar-refractivity contribution is 9.10. The van der Waals surface area contributed by atoms with Crippen LogP contribution < -0.4 is 14.8 Å². The summed E-state index contributed by atoms with van der Waals surface area (Å²) in [7, 11) is 3.13. The van der Waals surface area contributed by atoms with Crippen molar-refractivity contribution in [1.29, 1.82) is 0 Å². The Bertz CT molecular complexity index is 691. The summed E-state index contributed by atoms with van der Waals surface area (Å²) >= 11 is 9.31. The highest BCUT2D eigenvalue weighted by Gasteiger charge is 2.09. The molecule has 0 atom stereocenters. The summed E-state index contributed by atoms with van der Waals surface area (Å²) < 4.78 is 11.2. The fraction of sp³-hybridized carbons (Fsp3) is 0.188. The van der Waals surface area contributed by atoms with Gasteiger partial charge in [0.2, 0.25) is 5.91 Å². The molecule has 1 N–H and O–H groups in total. The van der Waals surface area contributed by atoms with E-state index in [2.05, 4.69) is 21.2 Å². The molecule has 2 rings (SSSR count). The molecule has 0 bridgehead atoms. The number of anilines is 1. The van der Waals surface area contributed by atoms with Crippen molar-refractivity contribution in [2.45, 2.75) is 6.42 Å². The molecule has 0 aliphatic rings. The second-order valence-corrected chi connectivity index (χ2v) is 5.80. The van der Waals surface area contributed by atoms with Crippen LogP contribution in [0, 0.1) is 0 Å². The summed E-state index contributed by atoms with van der Waals surface area (Å²) in [4.78, 5) is 12.1. The second-order valence-electron chi connectivity index (χ2n) is 4.54. The Morgan fingerprint density at radius 3 is 2.50 bits per heavy atom. The van der Waals surface area contributed by atoms with E-state index in [9.17, 15) is 4.79 Å². The molecule has 6 heteroatoms. The Hall–Kier alpha value is -1.72. The summed E-state index contributed by atoms with van der Waals surface area (Å²) in [6.07, 6.45) is 0.230. The summed E-state index contributed by atoms with van der Waals surface area (Å²) in [5.41, 5.74) is 1.48. The second kappa shape index (κ2) is 7.51. The largest absolute Gasteiger partial charge is 0.493 e. The zero-order chi connectivity index (χ0) is 16.1. The zero-order valence-corrected chi connectivity index (χ0v) is 14.5. The molecule has 1 amide bonds. The van der Waals surface area contributed by atoms with Gasteiger partial charge in [-0.15, -0.1) is 0 Å². The predicted molar refractivity (Wildman–Crippen MR) is 91.0 cm³/mol. The third-order valence-electron chi connectivity index (χ3n) is 3.02. The minimum Gasteiger partial charge on any atom is -0.493 e. The van der Waals surface area contributed by atoms with Gasteiger partial charge in [0, 0.05) is 10.2 Å². The summed E-state index contributed by atoms with van der Waals surface area (Å²) in [5, 5.41) is 3.35. The lowest BCUT2D eigenvalue weighted by Gasteiger charge is -2.10. The number of carbonyl (C=O) groups is 1. The highest BCUT2D eigenvalue weighted by atomic mass is 79.9. The third-order valence-corrected chi connectivity index (χ3v) is 4.25. The topological polar surface area (TPSA) is 47.6 Å². The van der Waals surface area contributed by atoms with Gasteiger partial charge in [0.05, 0.1) is 25.7 Å². The molecule has 116 valence electrons. The normalized spacial score (nSPS) is 10.2. The monoisotopic (exact) mass is 383 g/mol. The quantitative estimate of drug-likeness (QED) is 0.836. The van der Waals surface area contributed by atoms with E-state index >= 15 is 0 Å². The number of halogens is 2. The minimum atomic E-state index is -0.134. The van der Waals surface area contributed by atoms with Crippen molar-refractivity contribution in [1.82, 2.24) is 0 Å². The van der Waals surface area contributed by atoms with Crippen molar-refractivity contribution < 1.29 is 14.3 Å². The van der Waals surface area contributed by atoms with Crippen molar-refractivity contribution in [2.75, 3.05) is 19.5 Å². The number of ether oxygens (including phenoxy) is 2. The van der Waals surface area contributed by atoms with Gasteiger partial charge in [0.25, 0.3) is 0 Å². The Balaban J connectivity index is 2.07. The number of methoxy groups -OCH3 is 2. The molecule has 0 heterocycles. The molecular weight excluding hydrogens is 370 g/mol. The fourth-order valence-corrected chi connectivity index (χ4v) is 2.38. The molecule has 0 aromatic heterocycles. The third kappa shape index (κ3) is 4.15. The van der Waals surface area contributed by atoms with E-state index < -0.39 is 0 Å². The van der Waals surface area contributed by atoms with Crippen molar-refractivity contribution in [2.24, 2.45) is 0 Å². The van der Waals surface area contributed by atoms with Crippen LogP contribution >= 0.6 is 27.5 Å². The highest BCUT2D eigenvalue weighted by Crippen LogP contribution is 2.28. The Morgan fingerprint density at radius 1 is 1.14 bits per heavy atom. The van der Waals surface area contributed by atoms with Crippen LogP contribution in [-0.2, 0) is 11.2 Å². The molecule has 4 nitrogen and oxygen atoms in total. The van der Waals surface area contributed by atoms with Crippen molar-refractivity contribution in [3.05, 3.63) is 51.5 Å². The summed E-state index contributed by atoms with van der Waals surface area (Å²) in [6.45, 7) is 0. The molecular formula is C16H15BrClNO3. The van der Waals surface area contributed by atoms with Gasteiger partial charge in [-0.1, -0.05) is 17.7 Å². The zero-order valence-electron chi connectivity index (χ0n) is 12.2. The van der Waals surface area contributed by atoms with Gasteiger partial charge in [-0.05, 0) is 51.8 Å². The van der Waals surface area contributed by atoms with Gasteiger partial charge in [-0.3, -0.25) is 4.79 Å². The Morgan fingerprint density at radius 2 is 1.86 bits per heavy atom. The van der Waals surface area contributed by atoms with E-state index in [-0.39, 0.29) is 12.3 Å². The van der Waals surface area contributed by atoms with E-state index in [1.54, 1.807) is 44.6 Å². The number of carbonyl (C=O) groups excluding carboxylic acids is 1. The molecule has 0 unspecified atom stereocenters. The van der Waals surface area contributed by atoms with Crippen LogP contribution in [0.5, 0.6) is 11.5 Å². The van der Waals surface area contributed by atoms with Gasteiger partial charge in [-0.2, -0.15) is 0 Å². The van der Waals surface area contributed by atoms with E-state index in [0.717, 1.165) is 10.0 Å². The molecule has 22 heavy (non-hydrogen) atoms. The molecule has 2 aromatic carbocycles. The van der Waals surface area contributed by atoms with Crippen LogP contribution in [0.15, 0.2) is 40.9 Å². The first-order valence-electron chi connectivity index (χ1n) is 6.49. The maximum atomic E-state index is 12.1. The standard InChI is InChI=1S/C16H15BrClNO3/c1-21-14-6-3-10(7-15(14)22-2)8-16(20)19-11-4-5-12(17)13(18)9-11/h3-7,9H,8H2,1-2H3,(H,19,20). The maximum Gasteiger partial charge on any atom is 0.228 e. The Kier molecular flexibility index (Phi) is 5.69. The number of amides is 1. The number of hydrogen-bond acceptors (Lipinski definition) is 3. The van der Waals surface area contributed by atoms with Gasteiger partial charge < -0.3 is 14.8 Å². The summed E-state index contributed by atoms with van der Waals surface area (Å²) in [6, 6.07) is 10.6. The van der Waals surface area contributed by atoms with Crippen LogP contribution in [0.3, 0.4) is 0 Å². The van der Waals surface area contributed by atoms with E-state index in [0.29, 0.717) is 22.2 Å². The predicted octanol–water partition coefficient (Wildman–Crippen LogP) is 4.30. The van der Waals surface area contributed by atoms with Gasteiger partial charge in [0.15, 0.2) is 11.5 Å². The van der Waals surface area contributed by atoms with Gasteiger partial charge in [-0.25, -0.2) is 0 Å². The molecule has 0 saturated heterocycles. The van der Waals surface area contributed by atoms with E-state index in [4.69, 9.17) is 21.1 Å². The van der Waals surface area contributed by atoms with Crippen LogP contribution in [0.25, 0.3) is 0 Å². The molecule has 2 aromatic rings. The number of nitrogens with one attached hydrogen (secondary N) is 1. The lowest BCUT2D eigenvalue weighted by atomic mass is 10.1. The first-order valence-corrected chi connectivity index (χ1v) is 7.66.